The Hall–Kier alpha value is -1.35. The summed E-state index contributed by atoms with van der Waals surface area (Å²) < 4.78 is 0. The third-order valence-electron chi connectivity index (χ3n) is 4.82. The number of piperidine rings is 1. The van der Waals surface area contributed by atoms with Crippen LogP contribution in [0.25, 0.3) is 0 Å². The first-order chi connectivity index (χ1) is 10.2. The molecule has 1 aliphatic rings. The highest BCUT2D eigenvalue weighted by Crippen LogP contribution is 2.31. The van der Waals surface area contributed by atoms with Gasteiger partial charge < -0.3 is 10.6 Å². The maximum absolute atomic E-state index is 13.1. The van der Waals surface area contributed by atoms with Crippen molar-refractivity contribution >= 4 is 5.91 Å². The van der Waals surface area contributed by atoms with Gasteiger partial charge in [-0.15, -0.1) is 0 Å². The monoisotopic (exact) mass is 288 g/mol. The van der Waals surface area contributed by atoms with Gasteiger partial charge in [0.25, 0.3) is 0 Å². The molecule has 0 radical (unpaired) electrons. The predicted molar refractivity (Wildman–Crippen MR) is 87.0 cm³/mol. The lowest BCUT2D eigenvalue weighted by atomic mass is 9.83. The average molecular weight is 288 g/mol. The van der Waals surface area contributed by atoms with Crippen molar-refractivity contribution in [1.82, 2.24) is 4.90 Å². The second-order valence-corrected chi connectivity index (χ2v) is 6.19. The number of benzene rings is 1. The van der Waals surface area contributed by atoms with E-state index in [2.05, 4.69) is 26.0 Å². The minimum Gasteiger partial charge on any atom is -0.338 e. The largest absolute Gasteiger partial charge is 0.338 e. The van der Waals surface area contributed by atoms with Crippen molar-refractivity contribution in [1.29, 1.82) is 0 Å². The number of rotatable bonds is 5. The maximum Gasteiger partial charge on any atom is 0.230 e. The molecule has 1 amide bonds. The fraction of sp³-hybridized carbons (Fsp3) is 0.611. The van der Waals surface area contributed by atoms with Crippen molar-refractivity contribution in [3.8, 4) is 0 Å². The van der Waals surface area contributed by atoms with E-state index in [0.717, 1.165) is 31.4 Å². The highest BCUT2D eigenvalue weighted by atomic mass is 16.2. The molecule has 3 unspecified atom stereocenters. The number of carbonyl (C=O) groups is 1. The van der Waals surface area contributed by atoms with E-state index in [1.807, 2.05) is 23.1 Å². The summed E-state index contributed by atoms with van der Waals surface area (Å²) >= 11 is 0. The molecule has 0 aromatic heterocycles. The molecule has 1 aromatic carbocycles. The number of hydrogen-bond acceptors (Lipinski definition) is 2. The molecule has 3 nitrogen and oxygen atoms in total. The van der Waals surface area contributed by atoms with E-state index in [-0.39, 0.29) is 17.9 Å². The van der Waals surface area contributed by atoms with Gasteiger partial charge in [-0.2, -0.15) is 0 Å². The lowest BCUT2D eigenvalue weighted by Crippen LogP contribution is -2.49. The van der Waals surface area contributed by atoms with Gasteiger partial charge >= 0.3 is 0 Å². The molecule has 1 heterocycles. The fourth-order valence-electron chi connectivity index (χ4n) is 3.32. The van der Waals surface area contributed by atoms with Gasteiger partial charge in [0, 0.05) is 19.1 Å². The first-order valence-electron chi connectivity index (χ1n) is 8.24. The number of amides is 1. The van der Waals surface area contributed by atoms with Crippen LogP contribution in [-0.2, 0) is 4.79 Å². The van der Waals surface area contributed by atoms with E-state index in [1.54, 1.807) is 0 Å². The van der Waals surface area contributed by atoms with Crippen molar-refractivity contribution in [2.24, 2.45) is 11.7 Å². The maximum atomic E-state index is 13.1. The number of likely N-dealkylation sites (tertiary alicyclic amines) is 1. The number of hydrogen-bond donors (Lipinski definition) is 1. The second kappa shape index (κ2) is 7.60. The molecular formula is C18H28N2O. The van der Waals surface area contributed by atoms with Crippen LogP contribution in [0.2, 0.25) is 0 Å². The standard InChI is InChI=1S/C18H28N2O/c1-3-14(2)17(15-9-5-4-6-10-15)18(21)20-12-8-7-11-16(20)13-19/h4-6,9-10,14,16-17H,3,7-8,11-13,19H2,1-2H3. The van der Waals surface area contributed by atoms with Crippen LogP contribution in [0.3, 0.4) is 0 Å². The first-order valence-corrected chi connectivity index (χ1v) is 8.24. The molecule has 2 rings (SSSR count). The van der Waals surface area contributed by atoms with Gasteiger partial charge in [-0.05, 0) is 30.7 Å². The van der Waals surface area contributed by atoms with Crippen molar-refractivity contribution in [2.45, 2.75) is 51.5 Å². The Labute approximate surface area is 128 Å². The predicted octanol–water partition coefficient (Wildman–Crippen LogP) is 3.16. The van der Waals surface area contributed by atoms with E-state index in [9.17, 15) is 4.79 Å². The van der Waals surface area contributed by atoms with Crippen LogP contribution in [0.15, 0.2) is 30.3 Å². The highest BCUT2D eigenvalue weighted by Gasteiger charge is 2.34. The second-order valence-electron chi connectivity index (χ2n) is 6.19. The summed E-state index contributed by atoms with van der Waals surface area (Å²) in [5.74, 6) is 0.578. The van der Waals surface area contributed by atoms with Crippen molar-refractivity contribution in [3.05, 3.63) is 35.9 Å². The summed E-state index contributed by atoms with van der Waals surface area (Å²) in [6.45, 7) is 5.77. The van der Waals surface area contributed by atoms with Gasteiger partial charge in [-0.1, -0.05) is 50.6 Å². The van der Waals surface area contributed by atoms with Crippen LogP contribution in [-0.4, -0.2) is 29.9 Å². The molecule has 116 valence electrons. The van der Waals surface area contributed by atoms with E-state index < -0.39 is 0 Å². The van der Waals surface area contributed by atoms with Gasteiger partial charge in [0.05, 0.1) is 5.92 Å². The third-order valence-corrected chi connectivity index (χ3v) is 4.82. The SMILES string of the molecule is CCC(C)C(C(=O)N1CCCCC1CN)c1ccccc1. The molecule has 1 aromatic rings. The third kappa shape index (κ3) is 3.65. The Bertz CT molecular complexity index is 446. The molecule has 1 aliphatic heterocycles. The lowest BCUT2D eigenvalue weighted by Gasteiger charge is -2.38. The smallest absolute Gasteiger partial charge is 0.230 e. The minimum absolute atomic E-state index is 0.0386. The highest BCUT2D eigenvalue weighted by molar-refractivity contribution is 5.84. The van der Waals surface area contributed by atoms with Crippen molar-refractivity contribution < 1.29 is 4.79 Å². The summed E-state index contributed by atoms with van der Waals surface area (Å²) in [6, 6.07) is 10.4. The average Bonchev–Trinajstić information content (AvgIpc) is 2.55. The van der Waals surface area contributed by atoms with Crippen molar-refractivity contribution in [3.63, 3.8) is 0 Å². The van der Waals surface area contributed by atoms with E-state index >= 15 is 0 Å². The molecule has 3 atom stereocenters. The van der Waals surface area contributed by atoms with Crippen molar-refractivity contribution in [2.75, 3.05) is 13.1 Å². The van der Waals surface area contributed by atoms with Crippen LogP contribution in [0.5, 0.6) is 0 Å². The summed E-state index contributed by atoms with van der Waals surface area (Å²) in [5, 5.41) is 0. The Morgan fingerprint density at radius 1 is 1.33 bits per heavy atom. The molecule has 0 spiro atoms. The van der Waals surface area contributed by atoms with Gasteiger partial charge in [-0.3, -0.25) is 4.79 Å². The summed E-state index contributed by atoms with van der Waals surface area (Å²) in [6.07, 6.45) is 4.34. The molecule has 1 fully saturated rings. The fourth-order valence-corrected chi connectivity index (χ4v) is 3.32. The minimum atomic E-state index is -0.0386. The molecule has 3 heteroatoms. The summed E-state index contributed by atoms with van der Waals surface area (Å²) in [4.78, 5) is 15.2. The topological polar surface area (TPSA) is 46.3 Å². The van der Waals surface area contributed by atoms with Gasteiger partial charge in [0.15, 0.2) is 0 Å². The van der Waals surface area contributed by atoms with Crippen LogP contribution in [0.1, 0.15) is 51.0 Å². The van der Waals surface area contributed by atoms with Crippen LogP contribution in [0.4, 0.5) is 0 Å². The van der Waals surface area contributed by atoms with E-state index in [0.29, 0.717) is 12.5 Å². The summed E-state index contributed by atoms with van der Waals surface area (Å²) in [7, 11) is 0. The van der Waals surface area contributed by atoms with Crippen LogP contribution < -0.4 is 5.73 Å². The Morgan fingerprint density at radius 2 is 2.05 bits per heavy atom. The zero-order chi connectivity index (χ0) is 15.2. The van der Waals surface area contributed by atoms with Gasteiger partial charge in [0.1, 0.15) is 0 Å². The number of carbonyl (C=O) groups excluding carboxylic acids is 1. The molecular weight excluding hydrogens is 260 g/mol. The van der Waals surface area contributed by atoms with E-state index in [4.69, 9.17) is 5.73 Å². The Balaban J connectivity index is 2.25. The van der Waals surface area contributed by atoms with Gasteiger partial charge in [-0.25, -0.2) is 0 Å². The molecule has 21 heavy (non-hydrogen) atoms. The number of nitrogens with two attached hydrogens (primary N) is 1. The molecule has 0 aliphatic carbocycles. The summed E-state index contributed by atoms with van der Waals surface area (Å²) in [5.41, 5.74) is 7.02. The molecule has 1 saturated heterocycles. The molecule has 2 N–H and O–H groups in total. The zero-order valence-electron chi connectivity index (χ0n) is 13.3. The van der Waals surface area contributed by atoms with Gasteiger partial charge in [0.2, 0.25) is 5.91 Å². The molecule has 0 saturated carbocycles. The Morgan fingerprint density at radius 3 is 2.67 bits per heavy atom. The zero-order valence-corrected chi connectivity index (χ0v) is 13.3. The lowest BCUT2D eigenvalue weighted by molar-refractivity contribution is -0.137. The molecule has 0 bridgehead atoms. The quantitative estimate of drug-likeness (QED) is 0.904. The van der Waals surface area contributed by atoms with Crippen LogP contribution >= 0.6 is 0 Å². The first kappa shape index (κ1) is 16.0. The Kier molecular flexibility index (Phi) is 5.80. The van der Waals surface area contributed by atoms with Crippen LogP contribution in [0, 0.1) is 5.92 Å². The number of nitrogens with zero attached hydrogens (tertiary/aromatic N) is 1. The normalized spacial score (nSPS) is 21.9. The van der Waals surface area contributed by atoms with E-state index in [1.165, 1.54) is 6.42 Å².